The predicted molar refractivity (Wildman–Crippen MR) is 139 cm³/mol. The Kier molecular flexibility index (Phi) is 6.27. The van der Waals surface area contributed by atoms with Crippen LogP contribution in [0, 0.1) is 6.92 Å². The van der Waals surface area contributed by atoms with E-state index in [-0.39, 0.29) is 30.3 Å². The van der Waals surface area contributed by atoms with E-state index >= 15 is 0 Å². The Morgan fingerprint density at radius 2 is 1.82 bits per heavy atom. The number of hydrogen-bond acceptors (Lipinski definition) is 5. The van der Waals surface area contributed by atoms with Gasteiger partial charge in [0.1, 0.15) is 10.9 Å². The Balaban J connectivity index is 1.44. The summed E-state index contributed by atoms with van der Waals surface area (Å²) in [6.45, 7) is 1.81. The molecule has 1 saturated carbocycles. The van der Waals surface area contributed by atoms with Crippen molar-refractivity contribution in [3.8, 4) is 0 Å². The number of carbonyl (C=O) groups excluding carboxylic acids is 3. The van der Waals surface area contributed by atoms with E-state index in [1.807, 2.05) is 55.5 Å². The largest absolute Gasteiger partial charge is 0.325 e. The van der Waals surface area contributed by atoms with Crippen LogP contribution in [0.4, 0.5) is 11.4 Å². The Bertz CT molecular complexity index is 1230. The maximum Gasteiger partial charge on any atom is 0.267 e. The average molecular weight is 492 g/mol. The second kappa shape index (κ2) is 9.35. The Morgan fingerprint density at radius 3 is 2.59 bits per heavy atom. The van der Waals surface area contributed by atoms with Crippen LogP contribution < -0.4 is 10.2 Å². The van der Waals surface area contributed by atoms with Crippen LogP contribution >= 0.6 is 24.0 Å². The summed E-state index contributed by atoms with van der Waals surface area (Å²) in [6.07, 6.45) is 5.21. The fourth-order valence-corrected chi connectivity index (χ4v) is 6.38. The summed E-state index contributed by atoms with van der Waals surface area (Å²) in [7, 11) is 0. The lowest BCUT2D eigenvalue weighted by atomic mass is 9.94. The number of aryl methyl sites for hydroxylation is 1. The monoisotopic (exact) mass is 491 g/mol. The minimum atomic E-state index is -0.343. The van der Waals surface area contributed by atoms with E-state index in [4.69, 9.17) is 12.2 Å². The molecule has 2 fully saturated rings. The molecule has 0 bridgehead atoms. The van der Waals surface area contributed by atoms with Crippen molar-refractivity contribution >= 4 is 63.0 Å². The predicted octanol–water partition coefficient (Wildman–Crippen LogP) is 4.88. The number of nitrogens with one attached hydrogen (secondary N) is 1. The van der Waals surface area contributed by atoms with Crippen LogP contribution in [-0.4, -0.2) is 39.5 Å². The third kappa shape index (κ3) is 4.16. The van der Waals surface area contributed by atoms with Crippen LogP contribution in [0.5, 0.6) is 0 Å². The number of rotatable bonds is 4. The minimum absolute atomic E-state index is 0.0994. The summed E-state index contributed by atoms with van der Waals surface area (Å²) < 4.78 is 0.514. The van der Waals surface area contributed by atoms with Crippen molar-refractivity contribution in [3.63, 3.8) is 0 Å². The molecule has 2 aromatic carbocycles. The van der Waals surface area contributed by atoms with E-state index in [0.717, 1.165) is 31.2 Å². The fraction of sp³-hybridized carbons (Fsp3) is 0.308. The Hall–Kier alpha value is -2.97. The molecule has 0 radical (unpaired) electrons. The molecule has 3 amide bonds. The van der Waals surface area contributed by atoms with Crippen LogP contribution in [0.2, 0.25) is 0 Å². The second-order valence-corrected chi connectivity index (χ2v) is 10.5. The topological polar surface area (TPSA) is 69.7 Å². The van der Waals surface area contributed by atoms with Gasteiger partial charge in [0.15, 0.2) is 0 Å². The third-order valence-corrected chi connectivity index (χ3v) is 7.89. The number of thiocarbonyl (C=S) groups is 1. The van der Waals surface area contributed by atoms with Gasteiger partial charge in [-0.3, -0.25) is 24.2 Å². The van der Waals surface area contributed by atoms with Gasteiger partial charge in [0.05, 0.1) is 16.2 Å². The van der Waals surface area contributed by atoms with Gasteiger partial charge in [-0.25, -0.2) is 0 Å². The van der Waals surface area contributed by atoms with E-state index in [2.05, 4.69) is 5.32 Å². The summed E-state index contributed by atoms with van der Waals surface area (Å²) >= 11 is 6.78. The lowest BCUT2D eigenvalue weighted by Gasteiger charge is -2.29. The van der Waals surface area contributed by atoms with E-state index in [0.29, 0.717) is 31.7 Å². The highest BCUT2D eigenvalue weighted by atomic mass is 32.2. The van der Waals surface area contributed by atoms with Crippen molar-refractivity contribution in [1.29, 1.82) is 0 Å². The van der Waals surface area contributed by atoms with Crippen LogP contribution in [0.3, 0.4) is 0 Å². The zero-order valence-electron chi connectivity index (χ0n) is 18.9. The zero-order valence-corrected chi connectivity index (χ0v) is 20.5. The number of hydrogen-bond donors (Lipinski definition) is 1. The zero-order chi connectivity index (χ0) is 23.8. The highest BCUT2D eigenvalue weighted by Crippen LogP contribution is 2.45. The standard InChI is InChI=1S/C26H25N3O3S2/c1-16-8-7-9-17(14-16)27-21(30)15-28-20-13-6-5-12-19(20)22(24(28)31)23-25(32)29(26(33)34-23)18-10-3-2-4-11-18/h5-9,12-14,18H,2-4,10-11,15H2,1H3,(H,27,30)/b23-22+. The number of nitrogens with zero attached hydrogens (tertiary/aromatic N) is 2. The van der Waals surface area contributed by atoms with E-state index in [1.165, 1.54) is 23.1 Å². The average Bonchev–Trinajstić information content (AvgIpc) is 3.26. The van der Waals surface area contributed by atoms with Crippen molar-refractivity contribution in [3.05, 3.63) is 64.6 Å². The summed E-state index contributed by atoms with van der Waals surface area (Å²) in [5.41, 5.74) is 3.35. The first-order valence-corrected chi connectivity index (χ1v) is 12.7. The van der Waals surface area contributed by atoms with Crippen molar-refractivity contribution in [2.75, 3.05) is 16.8 Å². The van der Waals surface area contributed by atoms with Crippen LogP contribution in [0.15, 0.2) is 53.4 Å². The van der Waals surface area contributed by atoms with Gasteiger partial charge in [0.2, 0.25) is 5.91 Å². The lowest BCUT2D eigenvalue weighted by molar-refractivity contribution is -0.124. The number of para-hydroxylation sites is 1. The van der Waals surface area contributed by atoms with Crippen molar-refractivity contribution in [1.82, 2.24) is 4.90 Å². The Morgan fingerprint density at radius 1 is 1.06 bits per heavy atom. The van der Waals surface area contributed by atoms with Gasteiger partial charge in [0.25, 0.3) is 11.8 Å². The number of thioether (sulfide) groups is 1. The first-order valence-electron chi connectivity index (χ1n) is 11.5. The van der Waals surface area contributed by atoms with Gasteiger partial charge < -0.3 is 5.32 Å². The molecule has 6 nitrogen and oxygen atoms in total. The lowest BCUT2D eigenvalue weighted by Crippen LogP contribution is -2.40. The minimum Gasteiger partial charge on any atom is -0.325 e. The van der Waals surface area contributed by atoms with Crippen LogP contribution in [-0.2, 0) is 14.4 Å². The van der Waals surface area contributed by atoms with Gasteiger partial charge in [0, 0.05) is 17.3 Å². The highest BCUT2D eigenvalue weighted by molar-refractivity contribution is 8.26. The molecule has 2 aromatic rings. The molecule has 8 heteroatoms. The molecule has 3 aliphatic rings. The van der Waals surface area contributed by atoms with Gasteiger partial charge in [-0.15, -0.1) is 0 Å². The van der Waals surface area contributed by atoms with Gasteiger partial charge in [-0.1, -0.05) is 73.6 Å². The number of amides is 3. The van der Waals surface area contributed by atoms with E-state index in [1.54, 1.807) is 4.90 Å². The van der Waals surface area contributed by atoms with E-state index < -0.39 is 0 Å². The maximum absolute atomic E-state index is 13.6. The fourth-order valence-electron chi connectivity index (χ4n) is 4.91. The summed E-state index contributed by atoms with van der Waals surface area (Å²) in [5, 5.41) is 2.86. The molecule has 0 unspecified atom stereocenters. The van der Waals surface area contributed by atoms with Crippen molar-refractivity contribution < 1.29 is 14.4 Å². The molecule has 5 rings (SSSR count). The van der Waals surface area contributed by atoms with Crippen molar-refractivity contribution in [2.24, 2.45) is 0 Å². The molecule has 2 heterocycles. The van der Waals surface area contributed by atoms with Gasteiger partial charge in [-0.05, 0) is 43.5 Å². The molecule has 0 spiro atoms. The molecular weight excluding hydrogens is 466 g/mol. The Labute approximate surface area is 208 Å². The first kappa shape index (κ1) is 22.8. The van der Waals surface area contributed by atoms with Gasteiger partial charge in [-0.2, -0.15) is 0 Å². The van der Waals surface area contributed by atoms with Crippen LogP contribution in [0.1, 0.15) is 43.2 Å². The molecular formula is C26H25N3O3S2. The first-order chi connectivity index (χ1) is 16.4. The van der Waals surface area contributed by atoms with Crippen molar-refractivity contribution in [2.45, 2.75) is 45.1 Å². The molecule has 2 aliphatic heterocycles. The molecule has 1 aliphatic carbocycles. The molecule has 174 valence electrons. The van der Waals surface area contributed by atoms with Crippen LogP contribution in [0.25, 0.3) is 5.57 Å². The summed E-state index contributed by atoms with van der Waals surface area (Å²) in [5.74, 6) is -0.833. The summed E-state index contributed by atoms with van der Waals surface area (Å²) in [4.78, 5) is 43.4. The molecule has 1 N–H and O–H groups in total. The highest BCUT2D eigenvalue weighted by Gasteiger charge is 2.44. The number of carbonyl (C=O) groups is 3. The van der Waals surface area contributed by atoms with Gasteiger partial charge >= 0.3 is 0 Å². The quantitative estimate of drug-likeness (QED) is 0.487. The second-order valence-electron chi connectivity index (χ2n) is 8.87. The smallest absolute Gasteiger partial charge is 0.267 e. The number of anilines is 2. The SMILES string of the molecule is Cc1cccc(NC(=O)CN2C(=O)/C(=C3/SC(=S)N(C4CCCCC4)C3=O)c3ccccc32)c1. The summed E-state index contributed by atoms with van der Waals surface area (Å²) in [6, 6.07) is 14.9. The molecule has 0 aromatic heterocycles. The molecule has 1 saturated heterocycles. The maximum atomic E-state index is 13.6. The number of fused-ring (bicyclic) bond motifs is 1. The molecule has 34 heavy (non-hydrogen) atoms. The van der Waals surface area contributed by atoms with E-state index in [9.17, 15) is 14.4 Å². The normalized spacial score (nSPS) is 20.8. The number of benzene rings is 2. The third-order valence-electron chi connectivity index (χ3n) is 6.49. The molecule has 0 atom stereocenters.